The minimum atomic E-state index is 0.370. The van der Waals surface area contributed by atoms with E-state index < -0.39 is 0 Å². The molecule has 2 nitrogen and oxygen atoms in total. The van der Waals surface area contributed by atoms with Gasteiger partial charge in [-0.2, -0.15) is 0 Å². The maximum Gasteiger partial charge on any atom is 0.120 e. The predicted octanol–water partition coefficient (Wildman–Crippen LogP) is 4.02. The molecule has 2 aliphatic heterocycles. The first-order valence-corrected chi connectivity index (χ1v) is 7.95. The van der Waals surface area contributed by atoms with Crippen LogP contribution in [0.5, 0.6) is 5.75 Å². The summed E-state index contributed by atoms with van der Waals surface area (Å²) in [6.07, 6.45) is 5.29. The number of rotatable bonds is 3. The number of benzene rings is 2. The summed E-state index contributed by atoms with van der Waals surface area (Å²) in [7, 11) is 0. The summed E-state index contributed by atoms with van der Waals surface area (Å²) in [6, 6.07) is 20.3. The minimum absolute atomic E-state index is 0.370. The van der Waals surface area contributed by atoms with Crippen LogP contribution in [0.4, 0.5) is 0 Å². The lowest BCUT2D eigenvalue weighted by molar-refractivity contribution is 0.137. The molecule has 2 aliphatic rings. The van der Waals surface area contributed by atoms with Crippen LogP contribution in [-0.4, -0.2) is 18.2 Å². The fraction of sp³-hybridized carbons (Fsp3) is 0.368. The highest BCUT2D eigenvalue weighted by atomic mass is 16.5. The molecule has 0 spiro atoms. The molecular weight excluding hydrogens is 258 g/mol. The molecule has 2 bridgehead atoms. The van der Waals surface area contributed by atoms with E-state index in [0.29, 0.717) is 18.2 Å². The van der Waals surface area contributed by atoms with Crippen LogP contribution in [0.25, 0.3) is 11.1 Å². The highest BCUT2D eigenvalue weighted by molar-refractivity contribution is 5.64. The Hall–Kier alpha value is -1.80. The zero-order chi connectivity index (χ0) is 14.1. The standard InChI is InChI=1S/C19H21NO/c1-2-5-14(6-3-1)15-7-4-8-18(11-15)21-19-12-16-9-10-17(13-19)20-16/h1-8,11,16-17,19-20H,9-10,12-13H2/t16-,17+,19-. The van der Waals surface area contributed by atoms with Crippen molar-refractivity contribution in [3.8, 4) is 16.9 Å². The lowest BCUT2D eigenvalue weighted by Gasteiger charge is -2.29. The Bertz CT molecular complexity index is 598. The van der Waals surface area contributed by atoms with E-state index in [1.165, 1.54) is 24.0 Å². The summed E-state index contributed by atoms with van der Waals surface area (Å²) in [4.78, 5) is 0. The topological polar surface area (TPSA) is 21.3 Å². The van der Waals surface area contributed by atoms with Crippen LogP contribution in [0.3, 0.4) is 0 Å². The first-order valence-electron chi connectivity index (χ1n) is 7.95. The molecule has 2 saturated heterocycles. The second kappa shape index (κ2) is 5.53. The number of hydrogen-bond acceptors (Lipinski definition) is 2. The number of fused-ring (bicyclic) bond motifs is 2. The summed E-state index contributed by atoms with van der Waals surface area (Å²) < 4.78 is 6.26. The molecule has 1 N–H and O–H groups in total. The Morgan fingerprint density at radius 3 is 2.29 bits per heavy atom. The molecule has 2 heteroatoms. The molecule has 0 aliphatic carbocycles. The van der Waals surface area contributed by atoms with Gasteiger partial charge in [-0.1, -0.05) is 42.5 Å². The van der Waals surface area contributed by atoms with Crippen LogP contribution in [0.1, 0.15) is 25.7 Å². The molecule has 0 amide bonds. The third kappa shape index (κ3) is 2.81. The van der Waals surface area contributed by atoms with Gasteiger partial charge in [0.25, 0.3) is 0 Å². The highest BCUT2D eigenvalue weighted by Crippen LogP contribution is 2.31. The van der Waals surface area contributed by atoms with Gasteiger partial charge in [0, 0.05) is 12.1 Å². The van der Waals surface area contributed by atoms with Crippen molar-refractivity contribution >= 4 is 0 Å². The second-order valence-corrected chi connectivity index (χ2v) is 6.24. The van der Waals surface area contributed by atoms with Crippen molar-refractivity contribution in [3.63, 3.8) is 0 Å². The van der Waals surface area contributed by atoms with Crippen molar-refractivity contribution in [3.05, 3.63) is 54.6 Å². The predicted molar refractivity (Wildman–Crippen MR) is 85.5 cm³/mol. The van der Waals surface area contributed by atoms with E-state index >= 15 is 0 Å². The van der Waals surface area contributed by atoms with Crippen molar-refractivity contribution in [1.82, 2.24) is 5.32 Å². The molecule has 108 valence electrons. The first-order chi connectivity index (χ1) is 10.4. The molecule has 0 radical (unpaired) electrons. The van der Waals surface area contributed by atoms with E-state index in [1.807, 2.05) is 0 Å². The number of piperidine rings is 1. The van der Waals surface area contributed by atoms with E-state index in [0.717, 1.165) is 18.6 Å². The number of ether oxygens (including phenoxy) is 1. The van der Waals surface area contributed by atoms with E-state index in [9.17, 15) is 0 Å². The molecule has 2 aromatic rings. The fourth-order valence-electron chi connectivity index (χ4n) is 3.67. The second-order valence-electron chi connectivity index (χ2n) is 6.24. The van der Waals surface area contributed by atoms with E-state index in [4.69, 9.17) is 4.74 Å². The number of hydrogen-bond donors (Lipinski definition) is 1. The van der Waals surface area contributed by atoms with Crippen LogP contribution < -0.4 is 10.1 Å². The van der Waals surface area contributed by atoms with Crippen LogP contribution in [0.2, 0.25) is 0 Å². The van der Waals surface area contributed by atoms with Gasteiger partial charge in [0.2, 0.25) is 0 Å². The lowest BCUT2D eigenvalue weighted by atomic mass is 10.0. The highest BCUT2D eigenvalue weighted by Gasteiger charge is 2.34. The maximum atomic E-state index is 6.26. The molecule has 2 fully saturated rings. The molecule has 0 unspecified atom stereocenters. The maximum absolute atomic E-state index is 6.26. The molecule has 0 saturated carbocycles. The first kappa shape index (κ1) is 12.9. The SMILES string of the molecule is c1ccc(-c2cccc(O[C@@H]3C[C@H]4CC[C@@H](C3)N4)c2)cc1. The monoisotopic (exact) mass is 279 g/mol. The lowest BCUT2D eigenvalue weighted by Crippen LogP contribution is -2.42. The Morgan fingerprint density at radius 1 is 0.810 bits per heavy atom. The van der Waals surface area contributed by atoms with E-state index in [1.54, 1.807) is 0 Å². The zero-order valence-electron chi connectivity index (χ0n) is 12.2. The molecule has 4 rings (SSSR count). The van der Waals surface area contributed by atoms with Crippen molar-refractivity contribution in [2.45, 2.75) is 43.9 Å². The van der Waals surface area contributed by atoms with Crippen molar-refractivity contribution in [1.29, 1.82) is 0 Å². The van der Waals surface area contributed by atoms with Crippen LogP contribution >= 0.6 is 0 Å². The van der Waals surface area contributed by atoms with Gasteiger partial charge < -0.3 is 10.1 Å². The van der Waals surface area contributed by atoms with Crippen LogP contribution in [0.15, 0.2) is 54.6 Å². The molecular formula is C19H21NO. The van der Waals surface area contributed by atoms with Crippen molar-refractivity contribution < 1.29 is 4.74 Å². The van der Waals surface area contributed by atoms with Gasteiger partial charge in [-0.15, -0.1) is 0 Å². The van der Waals surface area contributed by atoms with Gasteiger partial charge in [-0.3, -0.25) is 0 Å². The average molecular weight is 279 g/mol. The smallest absolute Gasteiger partial charge is 0.120 e. The minimum Gasteiger partial charge on any atom is -0.490 e. The molecule has 21 heavy (non-hydrogen) atoms. The quantitative estimate of drug-likeness (QED) is 0.916. The Labute approximate surface area is 126 Å². The summed E-state index contributed by atoms with van der Waals surface area (Å²) in [5.74, 6) is 1.00. The van der Waals surface area contributed by atoms with Crippen molar-refractivity contribution in [2.24, 2.45) is 0 Å². The van der Waals surface area contributed by atoms with E-state index in [-0.39, 0.29) is 0 Å². The molecule has 0 aromatic heterocycles. The van der Waals surface area contributed by atoms with Gasteiger partial charge in [0.1, 0.15) is 11.9 Å². The third-order valence-electron chi connectivity index (χ3n) is 4.67. The zero-order valence-corrected chi connectivity index (χ0v) is 12.2. The van der Waals surface area contributed by atoms with Gasteiger partial charge in [0.05, 0.1) is 0 Å². The summed E-state index contributed by atoms with van der Waals surface area (Å²) in [6.45, 7) is 0. The summed E-state index contributed by atoms with van der Waals surface area (Å²) >= 11 is 0. The average Bonchev–Trinajstić information content (AvgIpc) is 2.87. The van der Waals surface area contributed by atoms with Gasteiger partial charge >= 0.3 is 0 Å². The van der Waals surface area contributed by atoms with Crippen LogP contribution in [0, 0.1) is 0 Å². The van der Waals surface area contributed by atoms with Gasteiger partial charge in [-0.05, 0) is 48.9 Å². The third-order valence-corrected chi connectivity index (χ3v) is 4.67. The van der Waals surface area contributed by atoms with Crippen molar-refractivity contribution in [2.75, 3.05) is 0 Å². The summed E-state index contributed by atoms with van der Waals surface area (Å²) in [5.41, 5.74) is 2.47. The Morgan fingerprint density at radius 2 is 1.52 bits per heavy atom. The normalized spacial score (nSPS) is 27.5. The summed E-state index contributed by atoms with van der Waals surface area (Å²) in [5, 5.41) is 3.66. The molecule has 3 atom stereocenters. The largest absolute Gasteiger partial charge is 0.490 e. The van der Waals surface area contributed by atoms with Crippen LogP contribution in [-0.2, 0) is 0 Å². The van der Waals surface area contributed by atoms with Gasteiger partial charge in [0.15, 0.2) is 0 Å². The van der Waals surface area contributed by atoms with E-state index in [2.05, 4.69) is 59.9 Å². The number of nitrogens with one attached hydrogen (secondary N) is 1. The molecule has 2 aromatic carbocycles. The Balaban J connectivity index is 1.51. The Kier molecular flexibility index (Phi) is 3.40. The fourth-order valence-corrected chi connectivity index (χ4v) is 3.67. The molecule has 2 heterocycles. The van der Waals surface area contributed by atoms with Gasteiger partial charge in [-0.25, -0.2) is 0 Å².